The lowest BCUT2D eigenvalue weighted by Crippen LogP contribution is -2.47. The number of H-pyrrole nitrogens is 2. The topological polar surface area (TPSA) is 136 Å². The summed E-state index contributed by atoms with van der Waals surface area (Å²) in [7, 11) is 1.66. The van der Waals surface area contributed by atoms with Crippen LogP contribution in [-0.2, 0) is 22.6 Å². The van der Waals surface area contributed by atoms with Crippen LogP contribution in [0.2, 0.25) is 0 Å². The van der Waals surface area contributed by atoms with Crippen molar-refractivity contribution in [2.45, 2.75) is 25.4 Å². The number of nitrogens with zero attached hydrogens (tertiary/aromatic N) is 2. The highest BCUT2D eigenvalue weighted by Crippen LogP contribution is 2.29. The number of nitrogens with two attached hydrogens (primary N) is 1. The molecule has 1 aromatic heterocycles. The number of anilines is 1. The number of hydrogen-bond donors (Lipinski definition) is 4. The first-order chi connectivity index (χ1) is 15.5. The Morgan fingerprint density at radius 3 is 2.66 bits per heavy atom. The second-order valence-electron chi connectivity index (χ2n) is 7.65. The first kappa shape index (κ1) is 21.1. The van der Waals surface area contributed by atoms with Gasteiger partial charge in [-0.2, -0.15) is 0 Å². The van der Waals surface area contributed by atoms with Crippen molar-refractivity contribution < 1.29 is 9.59 Å². The second-order valence-corrected chi connectivity index (χ2v) is 7.65. The van der Waals surface area contributed by atoms with E-state index in [0.717, 1.165) is 11.1 Å². The van der Waals surface area contributed by atoms with Gasteiger partial charge in [-0.25, -0.2) is 4.79 Å². The second kappa shape index (κ2) is 8.93. The van der Waals surface area contributed by atoms with Crippen molar-refractivity contribution in [2.24, 2.45) is 10.7 Å². The van der Waals surface area contributed by atoms with Crippen LogP contribution in [0.5, 0.6) is 0 Å². The molecule has 0 spiro atoms. The number of likely N-dealkylation sites (N-methyl/N-ethyl adjacent to an activating group) is 1. The molecule has 3 aromatic rings. The third kappa shape index (κ3) is 4.31. The van der Waals surface area contributed by atoms with E-state index >= 15 is 0 Å². The number of fused-ring (bicyclic) bond motifs is 2. The van der Waals surface area contributed by atoms with E-state index in [2.05, 4.69) is 20.3 Å². The van der Waals surface area contributed by atoms with E-state index in [9.17, 15) is 14.4 Å². The van der Waals surface area contributed by atoms with E-state index in [-0.39, 0.29) is 17.2 Å². The Kier molecular flexibility index (Phi) is 5.89. The first-order valence-corrected chi connectivity index (χ1v) is 10.2. The minimum Gasteiger partial charge on any atom is -0.404 e. The summed E-state index contributed by atoms with van der Waals surface area (Å²) in [6.45, 7) is 0.418. The fourth-order valence-electron chi connectivity index (χ4n) is 3.79. The Bertz CT molecular complexity index is 1270. The molecule has 0 saturated heterocycles. The maximum absolute atomic E-state index is 13.0. The fourth-order valence-corrected chi connectivity index (χ4v) is 3.79. The third-order valence-corrected chi connectivity index (χ3v) is 5.50. The standard InChI is InChI=1S/C23H24N6O3/c1-29-20-10-19-18(27-23(32)28-19)9-15(20)7-8-17(22(29)31)26-21(30)16(11-24)13-25-12-14-5-3-2-4-6-14/h2-6,9-11,13,17H,7-8,12,24H2,1H3,(H,26,30)(H2,27,28,32)/t17-/m0/s1. The molecular formula is C23H24N6O3. The summed E-state index contributed by atoms with van der Waals surface area (Å²) in [4.78, 5) is 48.6. The number of carbonyl (C=O) groups excluding carboxylic acids is 2. The normalized spacial score (nSPS) is 16.9. The van der Waals surface area contributed by atoms with E-state index < -0.39 is 11.9 Å². The van der Waals surface area contributed by atoms with Gasteiger partial charge in [0.1, 0.15) is 6.04 Å². The molecular weight excluding hydrogens is 408 g/mol. The van der Waals surface area contributed by atoms with Crippen LogP contribution in [0.1, 0.15) is 17.5 Å². The quantitative estimate of drug-likeness (QED) is 0.357. The Labute approximate surface area is 184 Å². The largest absolute Gasteiger partial charge is 0.404 e. The molecule has 0 bridgehead atoms. The van der Waals surface area contributed by atoms with Crippen molar-refractivity contribution in [3.63, 3.8) is 0 Å². The third-order valence-electron chi connectivity index (χ3n) is 5.50. The molecule has 9 nitrogen and oxygen atoms in total. The molecule has 32 heavy (non-hydrogen) atoms. The van der Waals surface area contributed by atoms with E-state index in [4.69, 9.17) is 5.73 Å². The zero-order valence-corrected chi connectivity index (χ0v) is 17.6. The van der Waals surface area contributed by atoms with E-state index in [0.29, 0.717) is 36.1 Å². The highest BCUT2D eigenvalue weighted by Gasteiger charge is 2.30. The molecule has 0 saturated carbocycles. The summed E-state index contributed by atoms with van der Waals surface area (Å²) in [6, 6.07) is 12.6. The number of aromatic amines is 2. The molecule has 164 valence electrons. The highest BCUT2D eigenvalue weighted by atomic mass is 16.2. The molecule has 1 aliphatic heterocycles. The number of aliphatic imine (C=N–C) groups is 1. The van der Waals surface area contributed by atoms with Crippen LogP contribution in [-0.4, -0.2) is 41.1 Å². The minimum atomic E-state index is -0.713. The van der Waals surface area contributed by atoms with Gasteiger partial charge in [0.05, 0.1) is 23.2 Å². The van der Waals surface area contributed by atoms with Crippen molar-refractivity contribution in [1.29, 1.82) is 0 Å². The van der Waals surface area contributed by atoms with Gasteiger partial charge in [0.15, 0.2) is 0 Å². The average Bonchev–Trinajstić information content (AvgIpc) is 3.12. The van der Waals surface area contributed by atoms with Crippen molar-refractivity contribution in [1.82, 2.24) is 15.3 Å². The fraction of sp³-hybridized carbons (Fsp3) is 0.217. The van der Waals surface area contributed by atoms with Crippen LogP contribution in [0.15, 0.2) is 64.0 Å². The van der Waals surface area contributed by atoms with Crippen LogP contribution in [0, 0.1) is 0 Å². The van der Waals surface area contributed by atoms with E-state index in [1.165, 1.54) is 17.3 Å². The predicted molar refractivity (Wildman–Crippen MR) is 123 cm³/mol. The van der Waals surface area contributed by atoms with Gasteiger partial charge in [0, 0.05) is 25.1 Å². The molecule has 0 radical (unpaired) electrons. The maximum atomic E-state index is 13.0. The Hall–Kier alpha value is -4.14. The zero-order valence-electron chi connectivity index (χ0n) is 17.6. The van der Waals surface area contributed by atoms with Gasteiger partial charge >= 0.3 is 5.69 Å². The molecule has 0 aliphatic carbocycles. The summed E-state index contributed by atoms with van der Waals surface area (Å²) in [5.41, 5.74) is 9.46. The van der Waals surface area contributed by atoms with Crippen LogP contribution in [0.25, 0.3) is 11.0 Å². The molecule has 2 aromatic carbocycles. The van der Waals surface area contributed by atoms with Crippen molar-refractivity contribution in [3.05, 3.63) is 75.8 Å². The van der Waals surface area contributed by atoms with Crippen LogP contribution in [0.3, 0.4) is 0 Å². The minimum absolute atomic E-state index is 0.184. The number of carbonyl (C=O) groups is 2. The van der Waals surface area contributed by atoms with Crippen molar-refractivity contribution in [2.75, 3.05) is 11.9 Å². The number of rotatable bonds is 5. The molecule has 0 fully saturated rings. The SMILES string of the molecule is CN1C(=O)[C@@H](NC(=O)C(C=NCc2ccccc2)=CN)CCc2cc3[nH]c(=O)[nH]c3cc21. The number of aromatic nitrogens is 2. The monoisotopic (exact) mass is 432 g/mol. The van der Waals surface area contributed by atoms with Gasteiger partial charge in [-0.15, -0.1) is 0 Å². The Balaban J connectivity index is 1.47. The molecule has 0 unspecified atom stereocenters. The van der Waals surface area contributed by atoms with Gasteiger partial charge in [0.25, 0.3) is 5.91 Å². The molecule has 2 amide bonds. The lowest BCUT2D eigenvalue weighted by atomic mass is 10.0. The highest BCUT2D eigenvalue weighted by molar-refractivity contribution is 6.13. The average molecular weight is 432 g/mol. The van der Waals surface area contributed by atoms with E-state index in [1.54, 1.807) is 13.1 Å². The van der Waals surface area contributed by atoms with Gasteiger partial charge < -0.3 is 25.9 Å². The van der Waals surface area contributed by atoms with E-state index in [1.807, 2.05) is 36.4 Å². The Morgan fingerprint density at radius 2 is 1.94 bits per heavy atom. The number of imidazole rings is 1. The number of hydrogen-bond acceptors (Lipinski definition) is 5. The molecule has 1 atom stereocenters. The molecule has 2 heterocycles. The lowest BCUT2D eigenvalue weighted by molar-refractivity contribution is -0.125. The molecule has 5 N–H and O–H groups in total. The van der Waals surface area contributed by atoms with Crippen molar-refractivity contribution >= 4 is 34.7 Å². The first-order valence-electron chi connectivity index (χ1n) is 10.2. The number of benzene rings is 2. The van der Waals surface area contributed by atoms with Gasteiger partial charge in [-0.3, -0.25) is 14.6 Å². The van der Waals surface area contributed by atoms with Crippen molar-refractivity contribution in [3.8, 4) is 0 Å². The smallest absolute Gasteiger partial charge is 0.323 e. The Morgan fingerprint density at radius 1 is 1.22 bits per heavy atom. The molecule has 4 rings (SSSR count). The summed E-state index contributed by atoms with van der Waals surface area (Å²) in [5, 5.41) is 2.78. The zero-order chi connectivity index (χ0) is 22.7. The summed E-state index contributed by atoms with van der Waals surface area (Å²) < 4.78 is 0. The lowest BCUT2D eigenvalue weighted by Gasteiger charge is -2.22. The maximum Gasteiger partial charge on any atom is 0.323 e. The van der Waals surface area contributed by atoms with Gasteiger partial charge in [-0.1, -0.05) is 30.3 Å². The number of amides is 2. The number of nitrogens with one attached hydrogen (secondary N) is 3. The number of aryl methyl sites for hydroxylation is 1. The van der Waals surface area contributed by atoms with Gasteiger partial charge in [-0.05, 0) is 36.1 Å². The predicted octanol–water partition coefficient (Wildman–Crippen LogP) is 1.36. The summed E-state index contributed by atoms with van der Waals surface area (Å²) in [5.74, 6) is -0.703. The summed E-state index contributed by atoms with van der Waals surface area (Å²) in [6.07, 6.45) is 3.58. The van der Waals surface area contributed by atoms with Crippen LogP contribution >= 0.6 is 0 Å². The molecule has 9 heteroatoms. The molecule has 1 aliphatic rings. The summed E-state index contributed by atoms with van der Waals surface area (Å²) >= 11 is 0. The van der Waals surface area contributed by atoms with Gasteiger partial charge in [0.2, 0.25) is 5.91 Å². The van der Waals surface area contributed by atoms with Crippen LogP contribution < -0.4 is 21.6 Å². The van der Waals surface area contributed by atoms with Crippen LogP contribution in [0.4, 0.5) is 5.69 Å².